The van der Waals surface area contributed by atoms with Crippen LogP contribution in [0.15, 0.2) is 18.3 Å². The van der Waals surface area contributed by atoms with Crippen molar-refractivity contribution >= 4 is 34.2 Å². The number of aryl methyl sites for hydroxylation is 2. The molecular formula is C22H27N5O5S. The van der Waals surface area contributed by atoms with Crippen molar-refractivity contribution in [2.45, 2.75) is 47.7 Å². The molecule has 0 aliphatic carbocycles. The monoisotopic (exact) mass is 473 g/mol. The number of hydrogen-bond acceptors (Lipinski definition) is 8. The second-order valence-electron chi connectivity index (χ2n) is 7.38. The summed E-state index contributed by atoms with van der Waals surface area (Å²) in [5.41, 5.74) is 2.58. The zero-order valence-corrected chi connectivity index (χ0v) is 20.1. The zero-order chi connectivity index (χ0) is 24.1. The van der Waals surface area contributed by atoms with E-state index in [4.69, 9.17) is 9.47 Å². The minimum atomic E-state index is -0.605. The van der Waals surface area contributed by atoms with Crippen LogP contribution >= 0.6 is 11.3 Å². The number of carbonyl (C=O) groups excluding carboxylic acids is 3. The van der Waals surface area contributed by atoms with Gasteiger partial charge in [0.1, 0.15) is 16.5 Å². The smallest absolute Gasteiger partial charge is 0.348 e. The molecule has 11 heteroatoms. The molecule has 3 heterocycles. The van der Waals surface area contributed by atoms with Crippen molar-refractivity contribution < 1.29 is 23.9 Å². The Morgan fingerprint density at radius 2 is 1.85 bits per heavy atom. The molecule has 0 atom stereocenters. The lowest BCUT2D eigenvalue weighted by molar-refractivity contribution is 0.0506. The summed E-state index contributed by atoms with van der Waals surface area (Å²) in [5.74, 6) is -1.67. The van der Waals surface area contributed by atoms with Crippen LogP contribution in [-0.4, -0.2) is 50.6 Å². The lowest BCUT2D eigenvalue weighted by Crippen LogP contribution is -2.17. The first-order valence-electron chi connectivity index (χ1n) is 10.6. The third kappa shape index (κ3) is 5.48. The molecular weight excluding hydrogens is 446 g/mol. The molecule has 1 amide bonds. The fraction of sp³-hybridized carbons (Fsp3) is 0.409. The molecule has 0 aromatic carbocycles. The van der Waals surface area contributed by atoms with Crippen molar-refractivity contribution in [1.82, 2.24) is 19.6 Å². The number of carbonyl (C=O) groups is 3. The second kappa shape index (κ2) is 10.4. The molecule has 0 aliphatic heterocycles. The Hall–Kier alpha value is -3.47. The van der Waals surface area contributed by atoms with E-state index >= 15 is 0 Å². The third-order valence-electron chi connectivity index (χ3n) is 4.73. The molecule has 0 radical (unpaired) electrons. The van der Waals surface area contributed by atoms with Crippen molar-refractivity contribution in [2.24, 2.45) is 0 Å². The highest BCUT2D eigenvalue weighted by Crippen LogP contribution is 2.34. The first-order chi connectivity index (χ1) is 15.7. The van der Waals surface area contributed by atoms with Crippen LogP contribution in [0, 0.1) is 20.8 Å². The summed E-state index contributed by atoms with van der Waals surface area (Å²) in [6.45, 7) is 9.83. The summed E-state index contributed by atoms with van der Waals surface area (Å²) in [6, 6.07) is 3.53. The Morgan fingerprint density at radius 3 is 2.48 bits per heavy atom. The molecule has 3 aromatic heterocycles. The number of anilines is 1. The van der Waals surface area contributed by atoms with E-state index in [1.807, 2.05) is 26.8 Å². The van der Waals surface area contributed by atoms with Gasteiger partial charge in [-0.1, -0.05) is 6.92 Å². The van der Waals surface area contributed by atoms with E-state index in [0.29, 0.717) is 18.7 Å². The van der Waals surface area contributed by atoms with Gasteiger partial charge in [-0.2, -0.15) is 10.2 Å². The van der Waals surface area contributed by atoms with Crippen LogP contribution in [0.5, 0.6) is 0 Å². The van der Waals surface area contributed by atoms with Crippen LogP contribution in [0.4, 0.5) is 5.00 Å². The van der Waals surface area contributed by atoms with Gasteiger partial charge in [0.2, 0.25) is 0 Å². The van der Waals surface area contributed by atoms with E-state index in [1.165, 1.54) is 0 Å². The number of aromatic nitrogens is 4. The van der Waals surface area contributed by atoms with Gasteiger partial charge >= 0.3 is 11.9 Å². The SMILES string of the molecule is CCCOC(=O)c1c(NC(=O)c2ccn(Cn3nc(C)cc3C)n2)sc(C(=O)OCC)c1C. The molecule has 0 saturated heterocycles. The highest BCUT2D eigenvalue weighted by molar-refractivity contribution is 7.18. The number of hydrogen-bond donors (Lipinski definition) is 1. The molecule has 0 aliphatic rings. The van der Waals surface area contributed by atoms with Crippen LogP contribution in [0.1, 0.15) is 67.7 Å². The largest absolute Gasteiger partial charge is 0.462 e. The summed E-state index contributed by atoms with van der Waals surface area (Å²) in [4.78, 5) is 38.1. The molecule has 0 bridgehead atoms. The van der Waals surface area contributed by atoms with Crippen LogP contribution in [0.2, 0.25) is 0 Å². The van der Waals surface area contributed by atoms with Gasteiger partial charge in [-0.25, -0.2) is 14.3 Å². The number of thiophene rings is 1. The summed E-state index contributed by atoms with van der Waals surface area (Å²) in [7, 11) is 0. The van der Waals surface area contributed by atoms with Crippen molar-refractivity contribution in [3.63, 3.8) is 0 Å². The van der Waals surface area contributed by atoms with E-state index in [0.717, 1.165) is 22.7 Å². The van der Waals surface area contributed by atoms with Gasteiger partial charge in [0.15, 0.2) is 5.69 Å². The van der Waals surface area contributed by atoms with Gasteiger partial charge in [0.25, 0.3) is 5.91 Å². The van der Waals surface area contributed by atoms with Crippen molar-refractivity contribution in [3.05, 3.63) is 51.4 Å². The highest BCUT2D eigenvalue weighted by atomic mass is 32.1. The summed E-state index contributed by atoms with van der Waals surface area (Å²) >= 11 is 0.977. The van der Waals surface area contributed by atoms with Crippen LogP contribution in [0.25, 0.3) is 0 Å². The van der Waals surface area contributed by atoms with Crippen LogP contribution in [0.3, 0.4) is 0 Å². The fourth-order valence-electron chi connectivity index (χ4n) is 3.19. The van der Waals surface area contributed by atoms with Crippen molar-refractivity contribution in [2.75, 3.05) is 18.5 Å². The van der Waals surface area contributed by atoms with E-state index < -0.39 is 17.8 Å². The maximum atomic E-state index is 12.9. The predicted molar refractivity (Wildman–Crippen MR) is 123 cm³/mol. The molecule has 0 saturated carbocycles. The lowest BCUT2D eigenvalue weighted by atomic mass is 10.1. The molecule has 10 nitrogen and oxygen atoms in total. The first-order valence-corrected chi connectivity index (χ1v) is 11.4. The van der Waals surface area contributed by atoms with E-state index in [-0.39, 0.29) is 34.3 Å². The number of ether oxygens (including phenoxy) is 2. The average molecular weight is 474 g/mol. The number of nitrogens with zero attached hydrogens (tertiary/aromatic N) is 4. The Labute approximate surface area is 195 Å². The Morgan fingerprint density at radius 1 is 1.09 bits per heavy atom. The minimum Gasteiger partial charge on any atom is -0.462 e. The van der Waals surface area contributed by atoms with Gasteiger partial charge in [0.05, 0.1) is 24.5 Å². The Balaban J connectivity index is 1.84. The second-order valence-corrected chi connectivity index (χ2v) is 8.40. The molecule has 33 heavy (non-hydrogen) atoms. The summed E-state index contributed by atoms with van der Waals surface area (Å²) < 4.78 is 13.7. The van der Waals surface area contributed by atoms with E-state index in [2.05, 4.69) is 15.5 Å². The van der Waals surface area contributed by atoms with Gasteiger partial charge in [-0.15, -0.1) is 11.3 Å². The molecule has 3 rings (SSSR count). The quantitative estimate of drug-likeness (QED) is 0.472. The first kappa shape index (κ1) is 24.2. The summed E-state index contributed by atoms with van der Waals surface area (Å²) in [6.07, 6.45) is 2.32. The van der Waals surface area contributed by atoms with Crippen molar-refractivity contribution in [1.29, 1.82) is 0 Å². The molecule has 1 N–H and O–H groups in total. The van der Waals surface area contributed by atoms with Gasteiger partial charge in [0, 0.05) is 11.9 Å². The lowest BCUT2D eigenvalue weighted by Gasteiger charge is -2.07. The standard InChI is InChI=1S/C22H27N5O5S/c1-6-10-32-21(29)17-15(5)18(22(30)31-7-2)33-20(17)23-19(28)16-8-9-26(25-16)12-27-14(4)11-13(3)24-27/h8-9,11H,6-7,10,12H2,1-5H3,(H,23,28). The maximum Gasteiger partial charge on any atom is 0.348 e. The topological polar surface area (TPSA) is 117 Å². The number of esters is 2. The minimum absolute atomic E-state index is 0.145. The van der Waals surface area contributed by atoms with E-state index in [9.17, 15) is 14.4 Å². The van der Waals surface area contributed by atoms with E-state index in [1.54, 1.807) is 35.5 Å². The normalized spacial score (nSPS) is 10.8. The molecule has 0 spiro atoms. The van der Waals surface area contributed by atoms with Gasteiger partial charge in [-0.3, -0.25) is 9.48 Å². The Bertz CT molecular complexity index is 1180. The maximum absolute atomic E-state index is 12.9. The van der Waals surface area contributed by atoms with Crippen molar-refractivity contribution in [3.8, 4) is 0 Å². The average Bonchev–Trinajstić information content (AvgIpc) is 3.44. The number of amides is 1. The Kier molecular flexibility index (Phi) is 7.64. The van der Waals surface area contributed by atoms with Crippen LogP contribution in [-0.2, 0) is 16.1 Å². The highest BCUT2D eigenvalue weighted by Gasteiger charge is 2.28. The predicted octanol–water partition coefficient (Wildman–Crippen LogP) is 3.57. The summed E-state index contributed by atoms with van der Waals surface area (Å²) in [5, 5.41) is 11.6. The zero-order valence-electron chi connectivity index (χ0n) is 19.3. The molecule has 0 fully saturated rings. The van der Waals surface area contributed by atoms with Crippen LogP contribution < -0.4 is 5.32 Å². The molecule has 176 valence electrons. The molecule has 0 unspecified atom stereocenters. The number of rotatable bonds is 9. The third-order valence-corrected chi connectivity index (χ3v) is 5.92. The van der Waals surface area contributed by atoms with Gasteiger partial charge in [-0.05, 0) is 51.8 Å². The number of nitrogens with one attached hydrogen (secondary N) is 1. The fourth-order valence-corrected chi connectivity index (χ4v) is 4.27. The van der Waals surface area contributed by atoms with Gasteiger partial charge < -0.3 is 14.8 Å². The molecule has 3 aromatic rings.